The van der Waals surface area contributed by atoms with Gasteiger partial charge in [0.1, 0.15) is 0 Å². The average molecular weight is 428 g/mol. The van der Waals surface area contributed by atoms with Crippen molar-refractivity contribution in [1.29, 1.82) is 0 Å². The summed E-state index contributed by atoms with van der Waals surface area (Å²) in [5.74, 6) is -0.134. The van der Waals surface area contributed by atoms with Crippen LogP contribution >= 0.6 is 11.6 Å². The summed E-state index contributed by atoms with van der Waals surface area (Å²) >= 11 is 6.33. The lowest BCUT2D eigenvalue weighted by Crippen LogP contribution is -2.43. The number of carbonyl (C=O) groups is 2. The first-order valence-electron chi connectivity index (χ1n) is 10.4. The lowest BCUT2D eigenvalue weighted by molar-refractivity contribution is -0.117. The number of hydrogen-bond acceptors (Lipinski definition) is 4. The van der Waals surface area contributed by atoms with Crippen LogP contribution in [-0.2, 0) is 9.53 Å². The van der Waals surface area contributed by atoms with Gasteiger partial charge in [-0.15, -0.1) is 0 Å². The fraction of sp³-hybridized carbons (Fsp3) is 0.391. The Morgan fingerprint density at radius 1 is 1.10 bits per heavy atom. The van der Waals surface area contributed by atoms with Crippen LogP contribution in [-0.4, -0.2) is 56.1 Å². The van der Waals surface area contributed by atoms with Gasteiger partial charge in [-0.25, -0.2) is 0 Å². The molecule has 0 saturated carbocycles. The van der Waals surface area contributed by atoms with Crippen molar-refractivity contribution in [2.75, 3.05) is 44.3 Å². The molecule has 0 bridgehead atoms. The molecular weight excluding hydrogens is 402 g/mol. The van der Waals surface area contributed by atoms with Crippen LogP contribution in [0.5, 0.6) is 0 Å². The van der Waals surface area contributed by atoms with E-state index in [1.165, 1.54) is 0 Å². The predicted molar refractivity (Wildman–Crippen MR) is 117 cm³/mol. The van der Waals surface area contributed by atoms with Crippen molar-refractivity contribution >= 4 is 29.1 Å². The van der Waals surface area contributed by atoms with Gasteiger partial charge >= 0.3 is 0 Å². The van der Waals surface area contributed by atoms with E-state index in [1.807, 2.05) is 30.3 Å². The van der Waals surface area contributed by atoms with E-state index in [-0.39, 0.29) is 17.9 Å². The number of carbonyl (C=O) groups excluding carboxylic acids is 2. The molecule has 2 saturated heterocycles. The largest absolute Gasteiger partial charge is 0.379 e. The summed E-state index contributed by atoms with van der Waals surface area (Å²) in [4.78, 5) is 29.2. The molecule has 2 fully saturated rings. The highest BCUT2D eigenvalue weighted by Gasteiger charge is 2.25. The van der Waals surface area contributed by atoms with E-state index in [0.717, 1.165) is 25.1 Å². The second-order valence-electron chi connectivity index (χ2n) is 7.66. The van der Waals surface area contributed by atoms with Gasteiger partial charge < -0.3 is 15.0 Å². The lowest BCUT2D eigenvalue weighted by Gasteiger charge is -2.31. The molecule has 4 rings (SSSR count). The van der Waals surface area contributed by atoms with E-state index in [4.69, 9.17) is 16.3 Å². The van der Waals surface area contributed by atoms with Crippen LogP contribution in [0.4, 0.5) is 5.69 Å². The zero-order valence-corrected chi connectivity index (χ0v) is 17.6. The maximum atomic E-state index is 13.1. The first kappa shape index (κ1) is 20.8. The number of amides is 2. The van der Waals surface area contributed by atoms with Gasteiger partial charge in [0.2, 0.25) is 5.91 Å². The van der Waals surface area contributed by atoms with Crippen LogP contribution in [0.1, 0.15) is 34.8 Å². The van der Waals surface area contributed by atoms with Gasteiger partial charge in [-0.2, -0.15) is 0 Å². The molecule has 0 aliphatic carbocycles. The lowest BCUT2D eigenvalue weighted by atomic mass is 10.0. The van der Waals surface area contributed by atoms with Crippen LogP contribution in [0.15, 0.2) is 48.5 Å². The number of morpholine rings is 1. The van der Waals surface area contributed by atoms with Gasteiger partial charge in [0.25, 0.3) is 5.91 Å². The Balaban J connectivity index is 1.54. The van der Waals surface area contributed by atoms with E-state index in [0.29, 0.717) is 49.0 Å². The molecule has 2 aromatic rings. The summed E-state index contributed by atoms with van der Waals surface area (Å²) < 4.78 is 5.45. The molecule has 2 amide bonds. The summed E-state index contributed by atoms with van der Waals surface area (Å²) in [7, 11) is 0. The number of hydrogen-bond donors (Lipinski definition) is 1. The first-order valence-corrected chi connectivity index (χ1v) is 10.8. The standard InChI is InChI=1S/C23H26ClN3O3/c24-19-9-8-18(15-21(19)27-10-4-7-22(27)28)23(29)25-20(17-5-2-1-3-6-17)16-26-11-13-30-14-12-26/h1-3,5-6,8-9,15,20H,4,7,10-14,16H2,(H,25,29)/t20-/m0/s1. The maximum absolute atomic E-state index is 13.1. The second kappa shape index (κ2) is 9.60. The summed E-state index contributed by atoms with van der Waals surface area (Å²) in [6.07, 6.45) is 1.32. The van der Waals surface area contributed by atoms with E-state index < -0.39 is 0 Å². The molecule has 6 nitrogen and oxygen atoms in total. The molecule has 1 N–H and O–H groups in total. The Kier molecular flexibility index (Phi) is 6.67. The minimum absolute atomic E-state index is 0.0453. The minimum atomic E-state index is -0.179. The van der Waals surface area contributed by atoms with Crippen LogP contribution in [0.2, 0.25) is 5.02 Å². The highest BCUT2D eigenvalue weighted by molar-refractivity contribution is 6.34. The molecule has 2 heterocycles. The molecule has 2 aromatic carbocycles. The Labute approximate surface area is 181 Å². The molecule has 0 radical (unpaired) electrons. The number of rotatable bonds is 6. The van der Waals surface area contributed by atoms with Gasteiger partial charge in [-0.05, 0) is 30.2 Å². The number of anilines is 1. The Hall–Kier alpha value is -2.41. The Bertz CT molecular complexity index is 900. The van der Waals surface area contributed by atoms with Crippen molar-refractivity contribution < 1.29 is 14.3 Å². The smallest absolute Gasteiger partial charge is 0.251 e. The monoisotopic (exact) mass is 427 g/mol. The molecule has 2 aliphatic rings. The van der Waals surface area contributed by atoms with E-state index in [2.05, 4.69) is 10.2 Å². The summed E-state index contributed by atoms with van der Waals surface area (Å²) in [5, 5.41) is 3.66. The number of nitrogens with zero attached hydrogens (tertiary/aromatic N) is 2. The zero-order chi connectivity index (χ0) is 20.9. The SMILES string of the molecule is O=C(N[C@@H](CN1CCOCC1)c1ccccc1)c1ccc(Cl)c(N2CCCC2=O)c1. The summed E-state index contributed by atoms with van der Waals surface area (Å²) in [6.45, 7) is 4.46. The average Bonchev–Trinajstić information content (AvgIpc) is 3.20. The van der Waals surface area contributed by atoms with Crippen LogP contribution < -0.4 is 10.2 Å². The van der Waals surface area contributed by atoms with Crippen molar-refractivity contribution in [3.63, 3.8) is 0 Å². The molecule has 1 atom stereocenters. The molecule has 158 valence electrons. The fourth-order valence-corrected chi connectivity index (χ4v) is 4.19. The molecule has 7 heteroatoms. The van der Waals surface area contributed by atoms with Crippen molar-refractivity contribution in [1.82, 2.24) is 10.2 Å². The van der Waals surface area contributed by atoms with E-state index >= 15 is 0 Å². The van der Waals surface area contributed by atoms with Crippen molar-refractivity contribution in [3.05, 3.63) is 64.7 Å². The van der Waals surface area contributed by atoms with Gasteiger partial charge in [0, 0.05) is 38.2 Å². The third-order valence-corrected chi connectivity index (χ3v) is 5.94. The number of halogens is 1. The molecule has 30 heavy (non-hydrogen) atoms. The molecule has 0 unspecified atom stereocenters. The third kappa shape index (κ3) is 4.83. The van der Waals surface area contributed by atoms with Crippen molar-refractivity contribution in [2.24, 2.45) is 0 Å². The van der Waals surface area contributed by atoms with Crippen LogP contribution in [0.25, 0.3) is 0 Å². The third-order valence-electron chi connectivity index (χ3n) is 5.62. The Morgan fingerprint density at radius 3 is 2.57 bits per heavy atom. The van der Waals surface area contributed by atoms with Crippen molar-refractivity contribution in [3.8, 4) is 0 Å². The highest BCUT2D eigenvalue weighted by atomic mass is 35.5. The normalized spacial score (nSPS) is 18.4. The number of nitrogens with one attached hydrogen (secondary N) is 1. The molecule has 0 aromatic heterocycles. The van der Waals surface area contributed by atoms with Gasteiger partial charge in [-0.3, -0.25) is 14.5 Å². The molecular formula is C23H26ClN3O3. The zero-order valence-electron chi connectivity index (χ0n) is 16.9. The maximum Gasteiger partial charge on any atom is 0.251 e. The van der Waals surface area contributed by atoms with E-state index in [9.17, 15) is 9.59 Å². The van der Waals surface area contributed by atoms with Crippen LogP contribution in [0, 0.1) is 0 Å². The first-order chi connectivity index (χ1) is 14.6. The topological polar surface area (TPSA) is 61.9 Å². The number of benzene rings is 2. The van der Waals surface area contributed by atoms with Gasteiger partial charge in [0.15, 0.2) is 0 Å². The summed E-state index contributed by atoms with van der Waals surface area (Å²) in [6, 6.07) is 15.0. The molecule has 2 aliphatic heterocycles. The number of ether oxygens (including phenoxy) is 1. The summed E-state index contributed by atoms with van der Waals surface area (Å²) in [5.41, 5.74) is 2.16. The minimum Gasteiger partial charge on any atom is -0.379 e. The van der Waals surface area contributed by atoms with Gasteiger partial charge in [-0.1, -0.05) is 41.9 Å². The van der Waals surface area contributed by atoms with Gasteiger partial charge in [0.05, 0.1) is 30.0 Å². The molecule has 0 spiro atoms. The Morgan fingerprint density at radius 2 is 1.87 bits per heavy atom. The second-order valence-corrected chi connectivity index (χ2v) is 8.07. The quantitative estimate of drug-likeness (QED) is 0.768. The van der Waals surface area contributed by atoms with E-state index in [1.54, 1.807) is 23.1 Å². The van der Waals surface area contributed by atoms with Crippen LogP contribution in [0.3, 0.4) is 0 Å². The highest BCUT2D eigenvalue weighted by Crippen LogP contribution is 2.30. The predicted octanol–water partition coefficient (Wildman–Crippen LogP) is 3.27. The fourth-order valence-electron chi connectivity index (χ4n) is 3.97. The van der Waals surface area contributed by atoms with Crippen molar-refractivity contribution in [2.45, 2.75) is 18.9 Å².